The molecule has 2 fully saturated rings. The Balaban J connectivity index is 1.85. The van der Waals surface area contributed by atoms with Gasteiger partial charge in [0.05, 0.1) is 12.7 Å². The lowest BCUT2D eigenvalue weighted by Gasteiger charge is -2.55. The minimum absolute atomic E-state index is 0.0617. The maximum absolute atomic E-state index is 11.7. The van der Waals surface area contributed by atoms with E-state index in [4.69, 9.17) is 9.47 Å². The molecule has 2 N–H and O–H groups in total. The van der Waals surface area contributed by atoms with Crippen molar-refractivity contribution in [3.8, 4) is 0 Å². The Labute approximate surface area is 112 Å². The van der Waals surface area contributed by atoms with Crippen LogP contribution in [0.15, 0.2) is 0 Å². The summed E-state index contributed by atoms with van der Waals surface area (Å²) >= 11 is 0. The molecule has 2 atom stereocenters. The van der Waals surface area contributed by atoms with Crippen LogP contribution in [-0.4, -0.2) is 48.9 Å². The topological polar surface area (TPSA) is 84.9 Å². The summed E-state index contributed by atoms with van der Waals surface area (Å²) in [5.74, 6) is -0.845. The summed E-state index contributed by atoms with van der Waals surface area (Å²) in [6.07, 6.45) is 1.41. The first kappa shape index (κ1) is 14.3. The van der Waals surface area contributed by atoms with E-state index < -0.39 is 5.97 Å². The summed E-state index contributed by atoms with van der Waals surface area (Å²) in [5.41, 5.74) is -0.261. The minimum atomic E-state index is -0.513. The van der Waals surface area contributed by atoms with E-state index >= 15 is 0 Å². The molecular formula is C13H21NO5. The molecule has 1 aliphatic carbocycles. The number of rotatable bonds is 4. The van der Waals surface area contributed by atoms with Crippen molar-refractivity contribution in [3.05, 3.63) is 0 Å². The molecule has 108 valence electrons. The van der Waals surface area contributed by atoms with Crippen molar-refractivity contribution in [1.29, 1.82) is 0 Å². The normalized spacial score (nSPS) is 28.5. The Morgan fingerprint density at radius 2 is 2.11 bits per heavy atom. The Bertz CT molecular complexity index is 351. The van der Waals surface area contributed by atoms with Gasteiger partial charge in [-0.1, -0.05) is 0 Å². The number of hydrogen-bond acceptors (Lipinski definition) is 5. The number of esters is 1. The number of aliphatic hydroxyl groups excluding tert-OH is 1. The average Bonchev–Trinajstić information content (AvgIpc) is 2.39. The number of hydrogen-bond donors (Lipinski definition) is 2. The highest BCUT2D eigenvalue weighted by molar-refractivity contribution is 5.94. The van der Waals surface area contributed by atoms with Gasteiger partial charge in [-0.15, -0.1) is 0 Å². The number of ether oxygens (including phenoxy) is 2. The van der Waals surface area contributed by atoms with Crippen LogP contribution in [0.3, 0.4) is 0 Å². The zero-order valence-electron chi connectivity index (χ0n) is 11.2. The molecule has 1 aliphatic heterocycles. The van der Waals surface area contributed by atoms with Crippen molar-refractivity contribution in [2.45, 2.75) is 44.8 Å². The lowest BCUT2D eigenvalue weighted by atomic mass is 9.58. The molecule has 2 aliphatic rings. The summed E-state index contributed by atoms with van der Waals surface area (Å²) in [6.45, 7) is 3.20. The van der Waals surface area contributed by atoms with Gasteiger partial charge in [0, 0.05) is 24.7 Å². The van der Waals surface area contributed by atoms with Crippen molar-refractivity contribution in [3.63, 3.8) is 0 Å². The van der Waals surface area contributed by atoms with Gasteiger partial charge >= 0.3 is 5.97 Å². The van der Waals surface area contributed by atoms with Crippen LogP contribution in [0.1, 0.15) is 32.6 Å². The fourth-order valence-corrected chi connectivity index (χ4v) is 2.99. The van der Waals surface area contributed by atoms with E-state index in [0.29, 0.717) is 19.6 Å². The van der Waals surface area contributed by atoms with E-state index in [1.807, 2.05) is 0 Å². The number of amides is 1. The van der Waals surface area contributed by atoms with Crippen LogP contribution in [-0.2, 0) is 19.1 Å². The first-order valence-electron chi connectivity index (χ1n) is 6.79. The smallest absolute Gasteiger partial charge is 0.315 e. The van der Waals surface area contributed by atoms with Gasteiger partial charge in [0.15, 0.2) is 0 Å². The van der Waals surface area contributed by atoms with Crippen molar-refractivity contribution < 1.29 is 24.2 Å². The maximum Gasteiger partial charge on any atom is 0.315 e. The number of aliphatic hydroxyl groups is 1. The number of carbonyl (C=O) groups is 2. The molecule has 0 bridgehead atoms. The third kappa shape index (κ3) is 2.90. The zero-order chi connectivity index (χ0) is 13.9. The van der Waals surface area contributed by atoms with E-state index in [-0.39, 0.29) is 36.5 Å². The fourth-order valence-electron chi connectivity index (χ4n) is 2.99. The van der Waals surface area contributed by atoms with Crippen molar-refractivity contribution in [2.75, 3.05) is 19.8 Å². The Hall–Kier alpha value is -1.14. The zero-order valence-corrected chi connectivity index (χ0v) is 11.2. The van der Waals surface area contributed by atoms with Gasteiger partial charge in [0.1, 0.15) is 6.42 Å². The molecular weight excluding hydrogens is 250 g/mol. The molecule has 1 amide bonds. The van der Waals surface area contributed by atoms with Gasteiger partial charge in [-0.05, 0) is 26.2 Å². The molecule has 1 saturated heterocycles. The third-order valence-electron chi connectivity index (χ3n) is 4.19. The Kier molecular flexibility index (Phi) is 4.42. The van der Waals surface area contributed by atoms with Crippen LogP contribution in [0.25, 0.3) is 0 Å². The van der Waals surface area contributed by atoms with Gasteiger partial charge < -0.3 is 19.9 Å². The van der Waals surface area contributed by atoms with Crippen LogP contribution >= 0.6 is 0 Å². The summed E-state index contributed by atoms with van der Waals surface area (Å²) in [4.78, 5) is 23.0. The van der Waals surface area contributed by atoms with E-state index in [1.165, 1.54) is 0 Å². The highest BCUT2D eigenvalue weighted by atomic mass is 16.5. The molecule has 2 unspecified atom stereocenters. The molecule has 1 saturated carbocycles. The molecule has 1 heterocycles. The van der Waals surface area contributed by atoms with Gasteiger partial charge in [-0.3, -0.25) is 9.59 Å². The van der Waals surface area contributed by atoms with Gasteiger partial charge in [-0.25, -0.2) is 0 Å². The van der Waals surface area contributed by atoms with Crippen LogP contribution in [0.4, 0.5) is 0 Å². The summed E-state index contributed by atoms with van der Waals surface area (Å²) < 4.78 is 10.0. The molecule has 0 aromatic heterocycles. The van der Waals surface area contributed by atoms with Gasteiger partial charge in [-0.2, -0.15) is 0 Å². The van der Waals surface area contributed by atoms with E-state index in [2.05, 4.69) is 5.32 Å². The highest BCUT2D eigenvalue weighted by Gasteiger charge is 2.55. The SMILES string of the molecule is CCOC(=O)CC(=O)NC1CC(O)C12CCOCC2. The first-order valence-corrected chi connectivity index (χ1v) is 6.79. The van der Waals surface area contributed by atoms with Crippen molar-refractivity contribution in [1.82, 2.24) is 5.32 Å². The summed E-state index contributed by atoms with van der Waals surface area (Å²) in [6, 6.07) is -0.0617. The standard InChI is InChI=1S/C13H21NO5/c1-2-19-12(17)8-11(16)14-9-7-10(15)13(9)3-5-18-6-4-13/h9-10,15H,2-8H2,1H3,(H,14,16). The average molecular weight is 271 g/mol. The summed E-state index contributed by atoms with van der Waals surface area (Å²) in [5, 5.41) is 12.8. The van der Waals surface area contributed by atoms with E-state index in [9.17, 15) is 14.7 Å². The molecule has 2 rings (SSSR count). The Morgan fingerprint density at radius 1 is 1.42 bits per heavy atom. The number of nitrogens with one attached hydrogen (secondary N) is 1. The second kappa shape index (κ2) is 5.88. The highest BCUT2D eigenvalue weighted by Crippen LogP contribution is 2.48. The van der Waals surface area contributed by atoms with Gasteiger partial charge in [0.25, 0.3) is 0 Å². The van der Waals surface area contributed by atoms with Crippen LogP contribution in [0.2, 0.25) is 0 Å². The Morgan fingerprint density at radius 3 is 2.68 bits per heavy atom. The maximum atomic E-state index is 11.7. The molecule has 0 aromatic carbocycles. The second-order valence-corrected chi connectivity index (χ2v) is 5.20. The monoisotopic (exact) mass is 271 g/mol. The van der Waals surface area contributed by atoms with Crippen molar-refractivity contribution in [2.24, 2.45) is 5.41 Å². The third-order valence-corrected chi connectivity index (χ3v) is 4.19. The predicted molar refractivity (Wildman–Crippen MR) is 66.3 cm³/mol. The largest absolute Gasteiger partial charge is 0.466 e. The second-order valence-electron chi connectivity index (χ2n) is 5.20. The molecule has 19 heavy (non-hydrogen) atoms. The van der Waals surface area contributed by atoms with Crippen LogP contribution < -0.4 is 5.32 Å². The molecule has 0 aromatic rings. The first-order chi connectivity index (χ1) is 9.08. The molecule has 6 heteroatoms. The van der Waals surface area contributed by atoms with Crippen LogP contribution in [0.5, 0.6) is 0 Å². The predicted octanol–water partition coefficient (Wildman–Crippen LogP) is -0.0142. The lowest BCUT2D eigenvalue weighted by molar-refractivity contribution is -0.158. The number of carbonyl (C=O) groups excluding carboxylic acids is 2. The minimum Gasteiger partial charge on any atom is -0.466 e. The summed E-state index contributed by atoms with van der Waals surface area (Å²) in [7, 11) is 0. The lowest BCUT2D eigenvalue weighted by Crippen LogP contribution is -2.65. The van der Waals surface area contributed by atoms with E-state index in [1.54, 1.807) is 6.92 Å². The quantitative estimate of drug-likeness (QED) is 0.555. The van der Waals surface area contributed by atoms with Crippen LogP contribution in [0, 0.1) is 5.41 Å². The van der Waals surface area contributed by atoms with E-state index in [0.717, 1.165) is 12.8 Å². The molecule has 6 nitrogen and oxygen atoms in total. The van der Waals surface area contributed by atoms with Crippen molar-refractivity contribution >= 4 is 11.9 Å². The van der Waals surface area contributed by atoms with Gasteiger partial charge in [0.2, 0.25) is 5.91 Å². The molecule has 1 spiro atoms. The molecule has 0 radical (unpaired) electrons. The fraction of sp³-hybridized carbons (Fsp3) is 0.846.